The van der Waals surface area contributed by atoms with Crippen molar-refractivity contribution in [2.75, 3.05) is 5.32 Å². The Hall–Kier alpha value is -2.57. The molecule has 1 heterocycles. The molecular formula is C12H9F2N3O2. The standard InChI is InChI=1S/C12H9F2N3O2/c1-6-11(9(5-18)17-16-6)15-12(19)10-7(13)3-2-4-8(10)14/h2-5H,1H3,(H,15,19)(H,16,17). The summed E-state index contributed by atoms with van der Waals surface area (Å²) in [6.07, 6.45) is 0.427. The van der Waals surface area contributed by atoms with Crippen molar-refractivity contribution in [2.45, 2.75) is 6.92 Å². The second-order valence-electron chi connectivity index (χ2n) is 3.78. The van der Waals surface area contributed by atoms with Crippen LogP contribution in [-0.4, -0.2) is 22.4 Å². The van der Waals surface area contributed by atoms with Gasteiger partial charge in [-0.1, -0.05) is 6.07 Å². The molecule has 1 aromatic carbocycles. The average Bonchev–Trinajstić information content (AvgIpc) is 2.70. The number of benzene rings is 1. The second kappa shape index (κ2) is 4.97. The first-order valence-corrected chi connectivity index (χ1v) is 5.30. The van der Waals surface area contributed by atoms with Gasteiger partial charge in [0, 0.05) is 0 Å². The summed E-state index contributed by atoms with van der Waals surface area (Å²) < 4.78 is 26.8. The SMILES string of the molecule is Cc1[nH]nc(C=O)c1NC(=O)c1c(F)cccc1F. The maximum atomic E-state index is 13.4. The topological polar surface area (TPSA) is 74.8 Å². The number of hydrogen-bond donors (Lipinski definition) is 2. The van der Waals surface area contributed by atoms with E-state index in [-0.39, 0.29) is 11.4 Å². The minimum Gasteiger partial charge on any atom is -0.318 e. The molecule has 98 valence electrons. The van der Waals surface area contributed by atoms with Gasteiger partial charge in [-0.25, -0.2) is 8.78 Å². The summed E-state index contributed by atoms with van der Waals surface area (Å²) in [5.74, 6) is -2.94. The zero-order valence-electron chi connectivity index (χ0n) is 9.83. The first kappa shape index (κ1) is 12.9. The quantitative estimate of drug-likeness (QED) is 0.834. The van der Waals surface area contributed by atoms with Crippen molar-refractivity contribution < 1.29 is 18.4 Å². The number of carbonyl (C=O) groups excluding carboxylic acids is 2. The van der Waals surface area contributed by atoms with Crippen molar-refractivity contribution in [1.29, 1.82) is 0 Å². The molecule has 0 radical (unpaired) electrons. The first-order chi connectivity index (χ1) is 9.04. The Morgan fingerprint density at radius 2 is 2.00 bits per heavy atom. The van der Waals surface area contributed by atoms with Gasteiger partial charge in [-0.15, -0.1) is 0 Å². The average molecular weight is 265 g/mol. The predicted octanol–water partition coefficient (Wildman–Crippen LogP) is 2.06. The normalized spacial score (nSPS) is 10.3. The van der Waals surface area contributed by atoms with Crippen molar-refractivity contribution in [2.24, 2.45) is 0 Å². The van der Waals surface area contributed by atoms with Crippen LogP contribution >= 0.6 is 0 Å². The maximum Gasteiger partial charge on any atom is 0.261 e. The molecule has 0 atom stereocenters. The van der Waals surface area contributed by atoms with Crippen LogP contribution in [0.25, 0.3) is 0 Å². The summed E-state index contributed by atoms with van der Waals surface area (Å²) in [5, 5.41) is 8.39. The Morgan fingerprint density at radius 3 is 2.58 bits per heavy atom. The molecule has 5 nitrogen and oxygen atoms in total. The number of H-pyrrole nitrogens is 1. The highest BCUT2D eigenvalue weighted by atomic mass is 19.1. The third-order valence-electron chi connectivity index (χ3n) is 2.52. The minimum absolute atomic E-state index is 0.0393. The largest absolute Gasteiger partial charge is 0.318 e. The Morgan fingerprint density at radius 1 is 1.37 bits per heavy atom. The van der Waals surface area contributed by atoms with E-state index in [4.69, 9.17) is 0 Å². The van der Waals surface area contributed by atoms with E-state index in [0.29, 0.717) is 12.0 Å². The molecule has 7 heteroatoms. The van der Waals surface area contributed by atoms with Gasteiger partial charge in [-0.05, 0) is 19.1 Å². The van der Waals surface area contributed by atoms with E-state index >= 15 is 0 Å². The van der Waals surface area contributed by atoms with E-state index in [2.05, 4.69) is 15.5 Å². The third-order valence-corrected chi connectivity index (χ3v) is 2.52. The maximum absolute atomic E-state index is 13.4. The summed E-state index contributed by atoms with van der Waals surface area (Å²) in [4.78, 5) is 22.5. The highest BCUT2D eigenvalue weighted by molar-refractivity contribution is 6.06. The molecule has 0 saturated carbocycles. The Kier molecular flexibility index (Phi) is 3.37. The number of aryl methyl sites for hydroxylation is 1. The monoisotopic (exact) mass is 265 g/mol. The number of nitrogens with zero attached hydrogens (tertiary/aromatic N) is 1. The molecule has 1 aromatic heterocycles. The highest BCUT2D eigenvalue weighted by Gasteiger charge is 2.20. The van der Waals surface area contributed by atoms with Gasteiger partial charge in [0.05, 0.1) is 11.4 Å². The van der Waals surface area contributed by atoms with E-state index in [0.717, 1.165) is 18.2 Å². The number of aromatic amines is 1. The molecule has 0 aliphatic heterocycles. The molecule has 2 rings (SSSR count). The van der Waals surface area contributed by atoms with Crippen LogP contribution < -0.4 is 5.32 Å². The number of hydrogen-bond acceptors (Lipinski definition) is 3. The number of halogens is 2. The van der Waals surface area contributed by atoms with E-state index in [1.54, 1.807) is 6.92 Å². The molecular weight excluding hydrogens is 256 g/mol. The van der Waals surface area contributed by atoms with E-state index in [1.807, 2.05) is 0 Å². The van der Waals surface area contributed by atoms with Gasteiger partial charge >= 0.3 is 0 Å². The lowest BCUT2D eigenvalue weighted by molar-refractivity contribution is 0.101. The van der Waals surface area contributed by atoms with Crippen LogP contribution in [0, 0.1) is 18.6 Å². The van der Waals surface area contributed by atoms with Gasteiger partial charge in [0.2, 0.25) is 0 Å². The second-order valence-corrected chi connectivity index (χ2v) is 3.78. The molecule has 2 N–H and O–H groups in total. The lowest BCUT2D eigenvalue weighted by Crippen LogP contribution is -2.17. The van der Waals surface area contributed by atoms with Crippen molar-refractivity contribution >= 4 is 17.9 Å². The fraction of sp³-hybridized carbons (Fsp3) is 0.0833. The van der Waals surface area contributed by atoms with E-state index in [1.165, 1.54) is 0 Å². The fourth-order valence-electron chi connectivity index (χ4n) is 1.58. The third kappa shape index (κ3) is 2.35. The van der Waals surface area contributed by atoms with Gasteiger partial charge in [0.15, 0.2) is 6.29 Å². The zero-order valence-corrected chi connectivity index (χ0v) is 9.83. The molecule has 1 amide bonds. The molecule has 0 unspecified atom stereocenters. The van der Waals surface area contributed by atoms with Gasteiger partial charge in [-0.3, -0.25) is 14.7 Å². The Bertz CT molecular complexity index is 632. The van der Waals surface area contributed by atoms with Crippen LogP contribution in [0.2, 0.25) is 0 Å². The number of aromatic nitrogens is 2. The van der Waals surface area contributed by atoms with Crippen LogP contribution in [0.1, 0.15) is 26.5 Å². The lowest BCUT2D eigenvalue weighted by Gasteiger charge is -2.06. The number of aldehydes is 1. The summed E-state index contributed by atoms with van der Waals surface area (Å²) in [6, 6.07) is 3.10. The molecule has 0 bridgehead atoms. The fourth-order valence-corrected chi connectivity index (χ4v) is 1.58. The van der Waals surface area contributed by atoms with Gasteiger partial charge < -0.3 is 5.32 Å². The van der Waals surface area contributed by atoms with E-state index in [9.17, 15) is 18.4 Å². The molecule has 0 fully saturated rings. The van der Waals surface area contributed by atoms with Crippen LogP contribution in [0.4, 0.5) is 14.5 Å². The first-order valence-electron chi connectivity index (χ1n) is 5.30. The Labute approximate surface area is 106 Å². The highest BCUT2D eigenvalue weighted by Crippen LogP contribution is 2.19. The van der Waals surface area contributed by atoms with Crippen molar-refractivity contribution in [1.82, 2.24) is 10.2 Å². The van der Waals surface area contributed by atoms with Gasteiger partial charge in [0.1, 0.15) is 22.9 Å². The van der Waals surface area contributed by atoms with Gasteiger partial charge in [0.25, 0.3) is 5.91 Å². The van der Waals surface area contributed by atoms with Crippen molar-refractivity contribution in [3.05, 3.63) is 46.8 Å². The predicted molar refractivity (Wildman–Crippen MR) is 63.0 cm³/mol. The zero-order chi connectivity index (χ0) is 14.0. The Balaban J connectivity index is 2.36. The summed E-state index contributed by atoms with van der Waals surface area (Å²) in [5.41, 5.74) is -0.239. The van der Waals surface area contributed by atoms with Crippen molar-refractivity contribution in [3.8, 4) is 0 Å². The summed E-state index contributed by atoms with van der Waals surface area (Å²) in [6.45, 7) is 1.56. The molecule has 0 aliphatic rings. The molecule has 2 aromatic rings. The number of amides is 1. The minimum atomic E-state index is -0.983. The van der Waals surface area contributed by atoms with E-state index < -0.39 is 23.1 Å². The lowest BCUT2D eigenvalue weighted by atomic mass is 10.1. The van der Waals surface area contributed by atoms with Crippen LogP contribution in [-0.2, 0) is 0 Å². The summed E-state index contributed by atoms with van der Waals surface area (Å²) in [7, 11) is 0. The molecule has 0 spiro atoms. The number of nitrogens with one attached hydrogen (secondary N) is 2. The number of carbonyl (C=O) groups is 2. The van der Waals surface area contributed by atoms with Crippen LogP contribution in [0.3, 0.4) is 0 Å². The van der Waals surface area contributed by atoms with Gasteiger partial charge in [-0.2, -0.15) is 5.10 Å². The van der Waals surface area contributed by atoms with Crippen molar-refractivity contribution in [3.63, 3.8) is 0 Å². The molecule has 19 heavy (non-hydrogen) atoms. The number of rotatable bonds is 3. The summed E-state index contributed by atoms with van der Waals surface area (Å²) >= 11 is 0. The molecule has 0 aliphatic carbocycles. The molecule has 0 saturated heterocycles. The van der Waals surface area contributed by atoms with Crippen LogP contribution in [0.5, 0.6) is 0 Å². The number of anilines is 1. The van der Waals surface area contributed by atoms with Crippen LogP contribution in [0.15, 0.2) is 18.2 Å². The smallest absolute Gasteiger partial charge is 0.261 e.